The highest BCUT2D eigenvalue weighted by Crippen LogP contribution is 2.18. The average Bonchev–Trinajstić information content (AvgIpc) is 2.83. The van der Waals surface area contributed by atoms with E-state index in [0.29, 0.717) is 25.5 Å². The monoisotopic (exact) mass is 377 g/mol. The Kier molecular flexibility index (Phi) is 5.16. The maximum Gasteiger partial charge on any atom is 0.170 e. The average molecular weight is 377 g/mol. The number of halogens is 2. The minimum atomic E-state index is -0.277. The molecule has 102 valence electrons. The highest BCUT2D eigenvalue weighted by molar-refractivity contribution is 14.1. The van der Waals surface area contributed by atoms with Crippen LogP contribution in [0.25, 0.3) is 5.69 Å². The molecule has 1 N–H and O–H groups in total. The van der Waals surface area contributed by atoms with Crippen LogP contribution in [0.2, 0.25) is 0 Å². The minimum Gasteiger partial charge on any atom is -0.383 e. The Morgan fingerprint density at radius 1 is 1.47 bits per heavy atom. The van der Waals surface area contributed by atoms with E-state index in [-0.39, 0.29) is 5.82 Å². The van der Waals surface area contributed by atoms with Crippen molar-refractivity contribution in [2.75, 3.05) is 20.3 Å². The number of hydrogen-bond donors (Lipinski definition) is 1. The lowest BCUT2D eigenvalue weighted by molar-refractivity contribution is 0.199. The van der Waals surface area contributed by atoms with Gasteiger partial charge >= 0.3 is 0 Å². The summed E-state index contributed by atoms with van der Waals surface area (Å²) in [6.07, 6.45) is 0. The number of tetrazole rings is 1. The summed E-state index contributed by atoms with van der Waals surface area (Å²) in [4.78, 5) is 0. The number of aromatic nitrogens is 4. The predicted molar refractivity (Wildman–Crippen MR) is 75.4 cm³/mol. The Morgan fingerprint density at radius 3 is 3.05 bits per heavy atom. The summed E-state index contributed by atoms with van der Waals surface area (Å²) in [7, 11) is 1.65. The van der Waals surface area contributed by atoms with Crippen molar-refractivity contribution in [2.45, 2.75) is 6.54 Å². The fourth-order valence-electron chi connectivity index (χ4n) is 1.53. The van der Waals surface area contributed by atoms with Gasteiger partial charge in [0.1, 0.15) is 5.82 Å². The van der Waals surface area contributed by atoms with Gasteiger partial charge in [0.25, 0.3) is 0 Å². The Labute approximate surface area is 123 Å². The van der Waals surface area contributed by atoms with Crippen molar-refractivity contribution in [3.8, 4) is 5.69 Å². The molecule has 0 atom stereocenters. The standard InChI is InChI=1S/C11H13FIN5O/c1-19-5-4-14-7-11-15-16-17-18(11)10-3-2-8(12)6-9(10)13/h2-3,6,14H,4-5,7H2,1H3. The van der Waals surface area contributed by atoms with Crippen LogP contribution in [-0.4, -0.2) is 40.5 Å². The van der Waals surface area contributed by atoms with E-state index in [1.165, 1.54) is 12.1 Å². The molecule has 2 aromatic rings. The van der Waals surface area contributed by atoms with Gasteiger partial charge in [-0.1, -0.05) is 0 Å². The molecule has 2 rings (SSSR count). The molecule has 0 saturated carbocycles. The van der Waals surface area contributed by atoms with E-state index in [4.69, 9.17) is 4.74 Å². The molecule has 0 aliphatic rings. The van der Waals surface area contributed by atoms with Crippen molar-refractivity contribution >= 4 is 22.6 Å². The maximum absolute atomic E-state index is 13.1. The largest absolute Gasteiger partial charge is 0.383 e. The molecule has 0 spiro atoms. The number of benzene rings is 1. The number of methoxy groups -OCH3 is 1. The molecule has 19 heavy (non-hydrogen) atoms. The van der Waals surface area contributed by atoms with Gasteiger partial charge in [-0.3, -0.25) is 0 Å². The first kappa shape index (κ1) is 14.3. The number of nitrogens with one attached hydrogen (secondary N) is 1. The third-order valence-electron chi connectivity index (χ3n) is 2.44. The highest BCUT2D eigenvalue weighted by Gasteiger charge is 2.11. The second-order valence-electron chi connectivity index (χ2n) is 3.77. The van der Waals surface area contributed by atoms with E-state index in [1.54, 1.807) is 17.9 Å². The predicted octanol–water partition coefficient (Wildman–Crippen LogP) is 1.14. The molecule has 0 amide bonds. The molecule has 0 unspecified atom stereocenters. The van der Waals surface area contributed by atoms with Gasteiger partial charge < -0.3 is 10.1 Å². The van der Waals surface area contributed by atoms with Gasteiger partial charge in [-0.05, 0) is 51.2 Å². The third kappa shape index (κ3) is 3.67. The second kappa shape index (κ2) is 6.87. The Bertz CT molecular complexity index is 548. The first-order valence-electron chi connectivity index (χ1n) is 5.64. The Balaban J connectivity index is 2.14. The van der Waals surface area contributed by atoms with Crippen LogP contribution in [0.4, 0.5) is 4.39 Å². The van der Waals surface area contributed by atoms with Crippen molar-refractivity contribution in [3.63, 3.8) is 0 Å². The highest BCUT2D eigenvalue weighted by atomic mass is 127. The Morgan fingerprint density at radius 2 is 2.32 bits per heavy atom. The lowest BCUT2D eigenvalue weighted by Gasteiger charge is -2.07. The second-order valence-corrected chi connectivity index (χ2v) is 4.93. The maximum atomic E-state index is 13.1. The molecule has 1 heterocycles. The van der Waals surface area contributed by atoms with Crippen molar-refractivity contribution in [2.24, 2.45) is 0 Å². The molecule has 0 bridgehead atoms. The van der Waals surface area contributed by atoms with E-state index in [0.717, 1.165) is 9.26 Å². The lowest BCUT2D eigenvalue weighted by Crippen LogP contribution is -2.21. The molecule has 8 heteroatoms. The van der Waals surface area contributed by atoms with Crippen LogP contribution in [0, 0.1) is 9.39 Å². The van der Waals surface area contributed by atoms with Crippen LogP contribution in [0.5, 0.6) is 0 Å². The van der Waals surface area contributed by atoms with Crippen LogP contribution in [0.1, 0.15) is 5.82 Å². The van der Waals surface area contributed by atoms with Gasteiger partial charge in [0.2, 0.25) is 0 Å². The first-order valence-corrected chi connectivity index (χ1v) is 6.72. The molecular formula is C11H13FIN5O. The number of hydrogen-bond acceptors (Lipinski definition) is 5. The van der Waals surface area contributed by atoms with E-state index >= 15 is 0 Å². The zero-order valence-corrected chi connectivity index (χ0v) is 12.5. The first-order chi connectivity index (χ1) is 9.22. The Hall–Kier alpha value is -1.13. The fraction of sp³-hybridized carbons (Fsp3) is 0.364. The lowest BCUT2D eigenvalue weighted by atomic mass is 10.3. The van der Waals surface area contributed by atoms with Crippen molar-refractivity contribution in [3.05, 3.63) is 33.4 Å². The molecule has 1 aromatic carbocycles. The molecule has 0 aliphatic heterocycles. The number of nitrogens with zero attached hydrogens (tertiary/aromatic N) is 4. The summed E-state index contributed by atoms with van der Waals surface area (Å²) in [6.45, 7) is 1.85. The van der Waals surface area contributed by atoms with Crippen LogP contribution >= 0.6 is 22.6 Å². The van der Waals surface area contributed by atoms with Crippen LogP contribution in [-0.2, 0) is 11.3 Å². The van der Waals surface area contributed by atoms with Crippen molar-refractivity contribution in [1.29, 1.82) is 0 Å². The molecular weight excluding hydrogens is 364 g/mol. The van der Waals surface area contributed by atoms with Gasteiger partial charge in [0, 0.05) is 17.2 Å². The molecule has 0 aliphatic carbocycles. The molecule has 1 aromatic heterocycles. The SMILES string of the molecule is COCCNCc1nnnn1-c1ccc(F)cc1I. The van der Waals surface area contributed by atoms with Crippen molar-refractivity contribution < 1.29 is 9.13 Å². The van der Waals surface area contributed by atoms with Gasteiger partial charge in [-0.15, -0.1) is 5.10 Å². The topological polar surface area (TPSA) is 64.9 Å². The van der Waals surface area contributed by atoms with Crippen molar-refractivity contribution in [1.82, 2.24) is 25.5 Å². The quantitative estimate of drug-likeness (QED) is 0.605. The summed E-state index contributed by atoms with van der Waals surface area (Å²) < 4.78 is 20.4. The van der Waals surface area contributed by atoms with E-state index in [2.05, 4.69) is 43.4 Å². The summed E-state index contributed by atoms with van der Waals surface area (Å²) in [5, 5.41) is 14.7. The van der Waals surface area contributed by atoms with Gasteiger partial charge in [-0.2, -0.15) is 4.68 Å². The third-order valence-corrected chi connectivity index (χ3v) is 3.30. The fourth-order valence-corrected chi connectivity index (χ4v) is 2.24. The summed E-state index contributed by atoms with van der Waals surface area (Å²) in [5.41, 5.74) is 0.760. The zero-order chi connectivity index (χ0) is 13.7. The number of ether oxygens (including phenoxy) is 1. The molecule has 0 fully saturated rings. The summed E-state index contributed by atoms with van der Waals surface area (Å²) in [6, 6.07) is 4.49. The smallest absolute Gasteiger partial charge is 0.170 e. The minimum absolute atomic E-state index is 0.277. The van der Waals surface area contributed by atoms with Crippen LogP contribution in [0.3, 0.4) is 0 Å². The number of rotatable bonds is 6. The van der Waals surface area contributed by atoms with E-state index in [1.807, 2.05) is 0 Å². The molecule has 0 saturated heterocycles. The normalized spacial score (nSPS) is 10.9. The van der Waals surface area contributed by atoms with Gasteiger partial charge in [0.15, 0.2) is 5.82 Å². The van der Waals surface area contributed by atoms with Gasteiger partial charge in [-0.25, -0.2) is 4.39 Å². The van der Waals surface area contributed by atoms with Crippen LogP contribution < -0.4 is 5.32 Å². The van der Waals surface area contributed by atoms with Crippen LogP contribution in [0.15, 0.2) is 18.2 Å². The van der Waals surface area contributed by atoms with E-state index < -0.39 is 0 Å². The molecule has 6 nitrogen and oxygen atoms in total. The zero-order valence-electron chi connectivity index (χ0n) is 10.3. The van der Waals surface area contributed by atoms with Gasteiger partial charge in [0.05, 0.1) is 18.8 Å². The summed E-state index contributed by atoms with van der Waals surface area (Å²) >= 11 is 2.06. The van der Waals surface area contributed by atoms with E-state index in [9.17, 15) is 4.39 Å². The molecule has 0 radical (unpaired) electrons. The summed E-state index contributed by atoms with van der Waals surface area (Å²) in [5.74, 6) is 0.390.